The summed E-state index contributed by atoms with van der Waals surface area (Å²) in [6.07, 6.45) is 9.88. The van der Waals surface area contributed by atoms with Gasteiger partial charge in [-0.05, 0) is 44.9 Å². The molecule has 6 heteroatoms. The predicted octanol–water partition coefficient (Wildman–Crippen LogP) is 3.52. The highest BCUT2D eigenvalue weighted by Gasteiger charge is 2.43. The number of fused-ring (bicyclic) bond motifs is 1. The molecule has 0 unspecified atom stereocenters. The van der Waals surface area contributed by atoms with Crippen LogP contribution in [0.1, 0.15) is 62.4 Å². The lowest BCUT2D eigenvalue weighted by molar-refractivity contribution is 0.0627. The third-order valence-corrected chi connectivity index (χ3v) is 6.18. The minimum Gasteiger partial charge on any atom is -0.341 e. The second kappa shape index (κ2) is 6.51. The smallest absolute Gasteiger partial charge is 0.274 e. The van der Waals surface area contributed by atoms with E-state index < -0.39 is 0 Å². The number of likely N-dealkylation sites (tertiary alicyclic amines) is 1. The first-order chi connectivity index (χ1) is 11.6. The van der Waals surface area contributed by atoms with E-state index in [0.717, 1.165) is 38.8 Å². The Morgan fingerprint density at radius 3 is 2.75 bits per heavy atom. The molecule has 3 heterocycles. The van der Waals surface area contributed by atoms with E-state index in [1.165, 1.54) is 19.3 Å². The van der Waals surface area contributed by atoms with E-state index in [0.29, 0.717) is 28.6 Å². The molecule has 130 valence electrons. The van der Waals surface area contributed by atoms with Gasteiger partial charge in [-0.25, -0.2) is 9.97 Å². The highest BCUT2D eigenvalue weighted by Crippen LogP contribution is 2.40. The van der Waals surface area contributed by atoms with Crippen molar-refractivity contribution in [1.29, 1.82) is 0 Å². The van der Waals surface area contributed by atoms with Crippen molar-refractivity contribution in [3.05, 3.63) is 16.9 Å². The Balaban J connectivity index is 1.62. The summed E-state index contributed by atoms with van der Waals surface area (Å²) in [5.74, 6) is 1.29. The van der Waals surface area contributed by atoms with E-state index in [4.69, 9.17) is 11.6 Å². The number of hydrogen-bond donors (Lipinski definition) is 0. The summed E-state index contributed by atoms with van der Waals surface area (Å²) in [6.45, 7) is 4.08. The molecule has 4 rings (SSSR count). The van der Waals surface area contributed by atoms with Gasteiger partial charge in [0.25, 0.3) is 5.91 Å². The largest absolute Gasteiger partial charge is 0.341 e. The van der Waals surface area contributed by atoms with Crippen molar-refractivity contribution < 1.29 is 4.79 Å². The van der Waals surface area contributed by atoms with Crippen LogP contribution in [0.5, 0.6) is 0 Å². The van der Waals surface area contributed by atoms with E-state index in [1.54, 1.807) is 6.20 Å². The molecule has 3 aliphatic rings. The maximum Gasteiger partial charge on any atom is 0.274 e. The Hall–Kier alpha value is -1.36. The van der Waals surface area contributed by atoms with E-state index in [1.807, 2.05) is 0 Å². The van der Waals surface area contributed by atoms with Crippen LogP contribution in [0, 0.1) is 5.92 Å². The highest BCUT2D eigenvalue weighted by atomic mass is 35.5. The van der Waals surface area contributed by atoms with Crippen LogP contribution in [-0.4, -0.2) is 45.9 Å². The maximum atomic E-state index is 13.2. The summed E-state index contributed by atoms with van der Waals surface area (Å²) < 4.78 is 0. The molecule has 0 radical (unpaired) electrons. The van der Waals surface area contributed by atoms with Crippen molar-refractivity contribution in [3.63, 3.8) is 0 Å². The minimum atomic E-state index is -0.00949. The van der Waals surface area contributed by atoms with Gasteiger partial charge in [0.15, 0.2) is 5.69 Å². The fourth-order valence-electron chi connectivity index (χ4n) is 4.76. The fourth-order valence-corrected chi connectivity index (χ4v) is 4.93. The van der Waals surface area contributed by atoms with Gasteiger partial charge in [-0.2, -0.15) is 0 Å². The molecule has 0 aromatic carbocycles. The zero-order valence-electron chi connectivity index (χ0n) is 14.2. The molecule has 1 saturated carbocycles. The average Bonchev–Trinajstić information content (AvgIpc) is 3.21. The molecule has 1 amide bonds. The molecule has 24 heavy (non-hydrogen) atoms. The zero-order valence-corrected chi connectivity index (χ0v) is 15.0. The maximum absolute atomic E-state index is 13.2. The second-order valence-electron chi connectivity index (χ2n) is 7.47. The van der Waals surface area contributed by atoms with Gasteiger partial charge in [0.05, 0.1) is 11.2 Å². The van der Waals surface area contributed by atoms with Gasteiger partial charge in [0, 0.05) is 25.2 Å². The van der Waals surface area contributed by atoms with Gasteiger partial charge in [0.1, 0.15) is 0 Å². The SMILES string of the molecule is C[C@@H]1C[C@H]2CCCC[C@@H]2N1C(=O)c1nc(N2CCCC2)ncc1Cl. The van der Waals surface area contributed by atoms with E-state index in [2.05, 4.69) is 26.7 Å². The van der Waals surface area contributed by atoms with E-state index in [9.17, 15) is 4.79 Å². The molecule has 3 atom stereocenters. The first-order valence-corrected chi connectivity index (χ1v) is 9.63. The van der Waals surface area contributed by atoms with Crippen molar-refractivity contribution in [2.45, 2.75) is 64.0 Å². The topological polar surface area (TPSA) is 49.3 Å². The number of hydrogen-bond acceptors (Lipinski definition) is 4. The molecule has 0 spiro atoms. The van der Waals surface area contributed by atoms with Crippen LogP contribution in [0.2, 0.25) is 5.02 Å². The molecular weight excluding hydrogens is 324 g/mol. The third-order valence-electron chi connectivity index (χ3n) is 5.90. The van der Waals surface area contributed by atoms with Crippen molar-refractivity contribution in [1.82, 2.24) is 14.9 Å². The van der Waals surface area contributed by atoms with Gasteiger partial charge < -0.3 is 9.80 Å². The molecule has 1 aliphatic carbocycles. The Kier molecular flexibility index (Phi) is 4.37. The molecule has 2 aliphatic heterocycles. The highest BCUT2D eigenvalue weighted by molar-refractivity contribution is 6.33. The number of carbonyl (C=O) groups is 1. The van der Waals surface area contributed by atoms with Gasteiger partial charge in [0.2, 0.25) is 5.95 Å². The Labute approximate surface area is 148 Å². The van der Waals surface area contributed by atoms with Crippen LogP contribution in [0.4, 0.5) is 5.95 Å². The number of anilines is 1. The summed E-state index contributed by atoms with van der Waals surface area (Å²) in [5, 5.41) is 0.370. The monoisotopic (exact) mass is 348 g/mol. The summed E-state index contributed by atoms with van der Waals surface area (Å²) in [5.41, 5.74) is 0.381. The average molecular weight is 349 g/mol. The van der Waals surface area contributed by atoms with E-state index >= 15 is 0 Å². The fraction of sp³-hybridized carbons (Fsp3) is 0.722. The zero-order chi connectivity index (χ0) is 16.7. The Morgan fingerprint density at radius 1 is 1.21 bits per heavy atom. The standard InChI is InChI=1S/C18H25ClN4O/c1-12-10-13-6-2-3-7-15(13)23(12)17(24)16-14(19)11-20-18(21-16)22-8-4-5-9-22/h11-13,15H,2-10H2,1H3/t12-,13-,15+/m1/s1. The molecule has 1 aromatic rings. The van der Waals surface area contributed by atoms with Crippen molar-refractivity contribution in [2.75, 3.05) is 18.0 Å². The summed E-state index contributed by atoms with van der Waals surface area (Å²) >= 11 is 6.31. The molecule has 0 N–H and O–H groups in total. The quantitative estimate of drug-likeness (QED) is 0.820. The summed E-state index contributed by atoms with van der Waals surface area (Å²) in [4.78, 5) is 26.3. The van der Waals surface area contributed by atoms with Crippen LogP contribution < -0.4 is 4.90 Å². The molecule has 5 nitrogen and oxygen atoms in total. The normalized spacial score (nSPS) is 29.8. The molecule has 2 saturated heterocycles. The van der Waals surface area contributed by atoms with Crippen LogP contribution in [-0.2, 0) is 0 Å². The lowest BCUT2D eigenvalue weighted by Gasteiger charge is -2.33. The summed E-state index contributed by atoms with van der Waals surface area (Å²) in [7, 11) is 0. The molecular formula is C18H25ClN4O. The van der Waals surface area contributed by atoms with Crippen LogP contribution in [0.15, 0.2) is 6.20 Å². The van der Waals surface area contributed by atoms with E-state index in [-0.39, 0.29) is 11.9 Å². The number of nitrogens with zero attached hydrogens (tertiary/aromatic N) is 4. The third kappa shape index (κ3) is 2.77. The first-order valence-electron chi connectivity index (χ1n) is 9.25. The molecule has 1 aromatic heterocycles. The molecule has 3 fully saturated rings. The number of rotatable bonds is 2. The number of halogens is 1. The lowest BCUT2D eigenvalue weighted by atomic mass is 9.85. The van der Waals surface area contributed by atoms with Gasteiger partial charge in [-0.1, -0.05) is 24.4 Å². The van der Waals surface area contributed by atoms with Crippen molar-refractivity contribution >= 4 is 23.5 Å². The van der Waals surface area contributed by atoms with Crippen LogP contribution >= 0.6 is 11.6 Å². The lowest BCUT2D eigenvalue weighted by Crippen LogP contribution is -2.43. The van der Waals surface area contributed by atoms with Crippen LogP contribution in [0.3, 0.4) is 0 Å². The van der Waals surface area contributed by atoms with Crippen molar-refractivity contribution in [2.24, 2.45) is 5.92 Å². The number of carbonyl (C=O) groups excluding carboxylic acids is 1. The number of amides is 1. The minimum absolute atomic E-state index is 0.00949. The van der Waals surface area contributed by atoms with Gasteiger partial charge in [-0.3, -0.25) is 4.79 Å². The Morgan fingerprint density at radius 2 is 1.96 bits per heavy atom. The first kappa shape index (κ1) is 16.1. The van der Waals surface area contributed by atoms with Gasteiger partial charge >= 0.3 is 0 Å². The second-order valence-corrected chi connectivity index (χ2v) is 7.88. The predicted molar refractivity (Wildman–Crippen MR) is 94.5 cm³/mol. The number of aromatic nitrogens is 2. The summed E-state index contributed by atoms with van der Waals surface area (Å²) in [6, 6.07) is 0.634. The van der Waals surface area contributed by atoms with Crippen LogP contribution in [0.25, 0.3) is 0 Å². The molecule has 0 bridgehead atoms. The van der Waals surface area contributed by atoms with Crippen molar-refractivity contribution in [3.8, 4) is 0 Å². The van der Waals surface area contributed by atoms with Gasteiger partial charge in [-0.15, -0.1) is 0 Å². The Bertz CT molecular complexity index is 631.